The van der Waals surface area contributed by atoms with Crippen LogP contribution in [0.1, 0.15) is 18.4 Å². The maximum Gasteiger partial charge on any atom is 0.181 e. The molecule has 28 heavy (non-hydrogen) atoms. The summed E-state index contributed by atoms with van der Waals surface area (Å²) in [6.07, 6.45) is 2.02. The number of halogens is 1. The molecule has 0 unspecified atom stereocenters. The second kappa shape index (κ2) is 8.92. The number of rotatable bonds is 7. The molecule has 5 nitrogen and oxygen atoms in total. The van der Waals surface area contributed by atoms with Gasteiger partial charge in [-0.2, -0.15) is 0 Å². The Morgan fingerprint density at radius 1 is 1.00 bits per heavy atom. The van der Waals surface area contributed by atoms with Crippen LogP contribution in [0.25, 0.3) is 0 Å². The highest BCUT2D eigenvalue weighted by Gasteiger charge is 2.31. The Balaban J connectivity index is 1.59. The quantitative estimate of drug-likeness (QED) is 0.705. The number of piperidine rings is 1. The van der Waals surface area contributed by atoms with E-state index in [1.54, 1.807) is 24.3 Å². The molecule has 1 saturated heterocycles. The van der Waals surface area contributed by atoms with Gasteiger partial charge in [-0.1, -0.05) is 12.1 Å². The van der Waals surface area contributed by atoms with Crippen LogP contribution in [0.5, 0.6) is 11.5 Å². The highest BCUT2D eigenvalue weighted by molar-refractivity contribution is 7.92. The highest BCUT2D eigenvalue weighted by atomic mass is 32.2. The van der Waals surface area contributed by atoms with E-state index < -0.39 is 15.1 Å². The molecule has 0 N–H and O–H groups in total. The third-order valence-electron chi connectivity index (χ3n) is 5.29. The van der Waals surface area contributed by atoms with Gasteiger partial charge in [0.15, 0.2) is 21.3 Å². The fourth-order valence-corrected chi connectivity index (χ4v) is 5.31. The normalized spacial score (nSPS) is 16.1. The molecule has 1 heterocycles. The molecule has 0 amide bonds. The highest BCUT2D eigenvalue weighted by Crippen LogP contribution is 2.32. The van der Waals surface area contributed by atoms with E-state index in [4.69, 9.17) is 9.47 Å². The van der Waals surface area contributed by atoms with Gasteiger partial charge in [-0.05, 0) is 62.2 Å². The molecule has 0 spiro atoms. The van der Waals surface area contributed by atoms with Gasteiger partial charge >= 0.3 is 0 Å². The number of hydrogen-bond donors (Lipinski definition) is 0. The molecule has 1 aliphatic rings. The third kappa shape index (κ3) is 4.64. The Bertz CT molecular complexity index is 891. The number of sulfone groups is 1. The molecule has 7 heteroatoms. The summed E-state index contributed by atoms with van der Waals surface area (Å²) in [6.45, 7) is 2.31. The average Bonchev–Trinajstić information content (AvgIpc) is 2.73. The predicted octanol–water partition coefficient (Wildman–Crippen LogP) is 3.32. The van der Waals surface area contributed by atoms with Crippen LogP contribution < -0.4 is 9.47 Å². The van der Waals surface area contributed by atoms with Crippen molar-refractivity contribution in [1.29, 1.82) is 0 Å². The third-order valence-corrected chi connectivity index (χ3v) is 7.55. The summed E-state index contributed by atoms with van der Waals surface area (Å²) in [4.78, 5) is 2.54. The summed E-state index contributed by atoms with van der Waals surface area (Å²) < 4.78 is 49.5. The first-order valence-corrected chi connectivity index (χ1v) is 10.9. The van der Waals surface area contributed by atoms with Crippen LogP contribution in [0.4, 0.5) is 4.39 Å². The average molecular weight is 408 g/mol. The predicted molar refractivity (Wildman–Crippen MR) is 106 cm³/mol. The van der Waals surface area contributed by atoms with Crippen molar-refractivity contribution in [3.8, 4) is 11.5 Å². The fraction of sp³-hybridized carbons (Fsp3) is 0.429. The molecule has 0 radical (unpaired) electrons. The van der Waals surface area contributed by atoms with Crippen molar-refractivity contribution in [2.75, 3.05) is 33.9 Å². The van der Waals surface area contributed by atoms with Crippen molar-refractivity contribution in [3.05, 3.63) is 53.8 Å². The number of hydrogen-bond acceptors (Lipinski definition) is 5. The largest absolute Gasteiger partial charge is 0.493 e. The van der Waals surface area contributed by atoms with Crippen molar-refractivity contribution in [3.63, 3.8) is 0 Å². The minimum absolute atomic E-state index is 0.232. The summed E-state index contributed by atoms with van der Waals surface area (Å²) in [5.41, 5.74) is 1.08. The Morgan fingerprint density at radius 3 is 2.25 bits per heavy atom. The minimum Gasteiger partial charge on any atom is -0.493 e. The molecule has 2 aromatic carbocycles. The van der Waals surface area contributed by atoms with Crippen LogP contribution in [0.3, 0.4) is 0 Å². The van der Waals surface area contributed by atoms with Crippen LogP contribution in [0, 0.1) is 5.82 Å². The Kier molecular flexibility index (Phi) is 6.57. The van der Waals surface area contributed by atoms with Crippen molar-refractivity contribution in [2.24, 2.45) is 0 Å². The van der Waals surface area contributed by atoms with E-state index >= 15 is 0 Å². The minimum atomic E-state index is -3.42. The second-order valence-corrected chi connectivity index (χ2v) is 9.21. The Morgan fingerprint density at radius 2 is 1.64 bits per heavy atom. The molecular weight excluding hydrogens is 381 g/mol. The molecule has 1 aliphatic heterocycles. The van der Waals surface area contributed by atoms with Crippen LogP contribution >= 0.6 is 0 Å². The van der Waals surface area contributed by atoms with E-state index in [1.807, 2.05) is 0 Å². The molecule has 2 aromatic rings. The lowest BCUT2D eigenvalue weighted by Gasteiger charge is -2.31. The van der Waals surface area contributed by atoms with E-state index in [-0.39, 0.29) is 10.7 Å². The monoisotopic (exact) mass is 407 g/mol. The van der Waals surface area contributed by atoms with Crippen LogP contribution in [0.2, 0.25) is 0 Å². The van der Waals surface area contributed by atoms with Gasteiger partial charge < -0.3 is 14.4 Å². The number of benzene rings is 2. The summed E-state index contributed by atoms with van der Waals surface area (Å²) >= 11 is 0. The zero-order valence-corrected chi connectivity index (χ0v) is 17.0. The van der Waals surface area contributed by atoms with E-state index in [1.165, 1.54) is 32.4 Å². The van der Waals surface area contributed by atoms with Crippen molar-refractivity contribution < 1.29 is 22.3 Å². The zero-order valence-electron chi connectivity index (χ0n) is 16.2. The first-order valence-electron chi connectivity index (χ1n) is 9.37. The molecular formula is C21H26FNO4S. The zero-order chi connectivity index (χ0) is 20.1. The summed E-state index contributed by atoms with van der Waals surface area (Å²) in [6, 6.07) is 11.3. The van der Waals surface area contributed by atoms with Gasteiger partial charge in [-0.3, -0.25) is 0 Å². The van der Waals surface area contributed by atoms with Gasteiger partial charge in [0.2, 0.25) is 0 Å². The molecule has 0 bridgehead atoms. The van der Waals surface area contributed by atoms with E-state index in [0.29, 0.717) is 24.3 Å². The van der Waals surface area contributed by atoms with Crippen molar-refractivity contribution in [2.45, 2.75) is 29.4 Å². The van der Waals surface area contributed by atoms with Crippen LogP contribution in [0.15, 0.2) is 47.4 Å². The number of likely N-dealkylation sites (tertiary alicyclic amines) is 1. The fourth-order valence-electron chi connectivity index (χ4n) is 3.57. The number of ether oxygens (including phenoxy) is 2. The molecule has 0 atom stereocenters. The molecule has 3 rings (SSSR count). The lowest BCUT2D eigenvalue weighted by Crippen LogP contribution is -2.40. The van der Waals surface area contributed by atoms with Crippen LogP contribution in [-0.2, 0) is 16.3 Å². The molecule has 0 aliphatic carbocycles. The Labute approximate surface area is 166 Å². The summed E-state index contributed by atoms with van der Waals surface area (Å²) in [5, 5.41) is -0.396. The second-order valence-electron chi connectivity index (χ2n) is 6.98. The summed E-state index contributed by atoms with van der Waals surface area (Å²) in [5.74, 6) is 0.697. The molecule has 0 aromatic heterocycles. The maximum absolute atomic E-state index is 13.0. The van der Waals surface area contributed by atoms with E-state index in [0.717, 1.165) is 31.6 Å². The van der Waals surface area contributed by atoms with Crippen molar-refractivity contribution in [1.82, 2.24) is 4.90 Å². The first-order chi connectivity index (χ1) is 13.4. The smallest absolute Gasteiger partial charge is 0.181 e. The molecule has 0 saturated carbocycles. The molecule has 152 valence electrons. The topological polar surface area (TPSA) is 55.8 Å². The van der Waals surface area contributed by atoms with Crippen LogP contribution in [-0.4, -0.2) is 52.4 Å². The van der Waals surface area contributed by atoms with Gasteiger partial charge in [0.1, 0.15) is 5.82 Å². The van der Waals surface area contributed by atoms with Gasteiger partial charge in [0, 0.05) is 12.6 Å². The van der Waals surface area contributed by atoms with Crippen molar-refractivity contribution >= 4 is 9.84 Å². The number of nitrogens with zero attached hydrogens (tertiary/aromatic N) is 1. The lowest BCUT2D eigenvalue weighted by molar-refractivity contribution is 0.232. The van der Waals surface area contributed by atoms with Gasteiger partial charge in [-0.25, -0.2) is 12.8 Å². The van der Waals surface area contributed by atoms with E-state index in [9.17, 15) is 12.8 Å². The standard InChI is InChI=1S/C21H26FNO4S/c1-26-20-8-7-19(15-21(20)27-2)28(24,25)18-10-13-23(14-11-18)12-9-16-3-5-17(22)6-4-16/h3-8,15,18H,9-14H2,1-2H3. The first kappa shape index (κ1) is 20.6. The SMILES string of the molecule is COc1ccc(S(=O)(=O)C2CCN(CCc3ccc(F)cc3)CC2)cc1OC. The maximum atomic E-state index is 13.0. The Hall–Kier alpha value is -2.12. The van der Waals surface area contributed by atoms with Gasteiger partial charge in [0.25, 0.3) is 0 Å². The summed E-state index contributed by atoms with van der Waals surface area (Å²) in [7, 11) is -0.403. The lowest BCUT2D eigenvalue weighted by atomic mass is 10.1. The molecule has 1 fully saturated rings. The van der Waals surface area contributed by atoms with Gasteiger partial charge in [-0.15, -0.1) is 0 Å². The van der Waals surface area contributed by atoms with E-state index in [2.05, 4.69) is 4.90 Å². The number of methoxy groups -OCH3 is 2. The van der Waals surface area contributed by atoms with Gasteiger partial charge in [0.05, 0.1) is 24.4 Å².